The Kier molecular flexibility index (Phi) is 2.44. The van der Waals surface area contributed by atoms with Gasteiger partial charge in [0, 0.05) is 0 Å². The molecule has 1 aliphatic rings. The number of nitrogens with zero attached hydrogens (tertiary/aromatic N) is 1. The Labute approximate surface area is 85.1 Å². The quantitative estimate of drug-likeness (QED) is 0.622. The second kappa shape index (κ2) is 3.75. The molecule has 0 saturated heterocycles. The van der Waals surface area contributed by atoms with Crippen molar-refractivity contribution in [1.29, 1.82) is 0 Å². The second-order valence-electron chi connectivity index (χ2n) is 3.28. The van der Waals surface area contributed by atoms with Gasteiger partial charge in [-0.1, -0.05) is 0 Å². The van der Waals surface area contributed by atoms with Crippen molar-refractivity contribution in [2.45, 2.75) is 13.3 Å². The van der Waals surface area contributed by atoms with Gasteiger partial charge in [-0.25, -0.2) is 0 Å². The molecule has 1 nitrogen and oxygen atoms in total. The van der Waals surface area contributed by atoms with Gasteiger partial charge in [0.2, 0.25) is 0 Å². The molecule has 2 rings (SSSR count). The van der Waals surface area contributed by atoms with Gasteiger partial charge in [0.1, 0.15) is 0 Å². The van der Waals surface area contributed by atoms with Crippen molar-refractivity contribution >= 4 is 24.4 Å². The molecule has 0 aliphatic carbocycles. The molecule has 14 heavy (non-hydrogen) atoms. The van der Waals surface area contributed by atoms with Crippen LogP contribution in [0.25, 0.3) is 5.57 Å². The first kappa shape index (κ1) is 9.13. The fourth-order valence-electron chi connectivity index (χ4n) is 1.76. The molecule has 0 atom stereocenters. The summed E-state index contributed by atoms with van der Waals surface area (Å²) in [5.74, 6) is 2.08. The van der Waals surface area contributed by atoms with Crippen LogP contribution < -0.4 is 0 Å². The van der Waals surface area contributed by atoms with Gasteiger partial charge in [0.05, 0.1) is 0 Å². The first-order chi connectivity index (χ1) is 6.86. The van der Waals surface area contributed by atoms with Crippen molar-refractivity contribution in [2.24, 2.45) is 4.99 Å². The Hall–Kier alpha value is -1.44. The van der Waals surface area contributed by atoms with Gasteiger partial charge in [0.15, 0.2) is 0 Å². The number of hydrogen-bond acceptors (Lipinski definition) is 1. The molecule has 1 aromatic heterocycles. The summed E-state index contributed by atoms with van der Waals surface area (Å²) < 4.78 is 0. The van der Waals surface area contributed by atoms with Crippen molar-refractivity contribution in [3.05, 3.63) is 41.8 Å². The van der Waals surface area contributed by atoms with Crippen molar-refractivity contribution in [1.82, 2.24) is 0 Å². The molecule has 0 fully saturated rings. The third-order valence-corrected chi connectivity index (χ3v) is 2.49. The molecular weight excluding hydrogens is 169 g/mol. The van der Waals surface area contributed by atoms with Crippen LogP contribution in [-0.4, -0.2) is 13.1 Å². The molecule has 2 heterocycles. The molecule has 0 radical (unpaired) electrons. The van der Waals surface area contributed by atoms with Crippen LogP contribution in [0.15, 0.2) is 35.8 Å². The van der Waals surface area contributed by atoms with Crippen LogP contribution in [0.5, 0.6) is 0 Å². The molecule has 0 aromatic carbocycles. The van der Waals surface area contributed by atoms with Crippen molar-refractivity contribution in [3.63, 3.8) is 0 Å². The van der Waals surface area contributed by atoms with Crippen LogP contribution in [0.4, 0.5) is 5.69 Å². The Bertz CT molecular complexity index is 430. The van der Waals surface area contributed by atoms with E-state index in [4.69, 9.17) is 0 Å². The third kappa shape index (κ3) is 1.37. The first-order valence-corrected chi connectivity index (χ1v) is 4.80. The van der Waals surface area contributed by atoms with Crippen LogP contribution in [-0.2, 0) is 6.42 Å². The van der Waals surface area contributed by atoms with Crippen LogP contribution in [0.2, 0.25) is 0 Å². The van der Waals surface area contributed by atoms with Gasteiger partial charge in [-0.3, -0.25) is 0 Å². The van der Waals surface area contributed by atoms with E-state index >= 15 is 0 Å². The van der Waals surface area contributed by atoms with Gasteiger partial charge in [-0.05, 0) is 0 Å². The fraction of sp³-hybridized carbons (Fsp3) is 0.167. The van der Waals surface area contributed by atoms with E-state index < -0.39 is 0 Å². The van der Waals surface area contributed by atoms with E-state index in [0.29, 0.717) is 0 Å². The van der Waals surface area contributed by atoms with Gasteiger partial charge in [-0.2, -0.15) is 0 Å². The van der Waals surface area contributed by atoms with Gasteiger partial charge < -0.3 is 0 Å². The van der Waals surface area contributed by atoms with Crippen LogP contribution in [0.1, 0.15) is 17.9 Å². The fourth-order valence-corrected chi connectivity index (χ4v) is 1.76. The van der Waals surface area contributed by atoms with E-state index in [1.54, 1.807) is 0 Å². The summed E-state index contributed by atoms with van der Waals surface area (Å²) in [5.41, 5.74) is 4.76. The molecule has 68 valence electrons. The summed E-state index contributed by atoms with van der Waals surface area (Å²) in [6.45, 7) is 7.93. The number of allylic oxidation sites excluding steroid dienone is 3. The molecular formula is C12H12BN. The van der Waals surface area contributed by atoms with Crippen molar-refractivity contribution in [2.75, 3.05) is 0 Å². The number of aliphatic imine (C=N–C) groups is 1. The second-order valence-corrected chi connectivity index (χ2v) is 3.28. The molecule has 0 spiro atoms. The Morgan fingerprint density at radius 2 is 2.50 bits per heavy atom. The third-order valence-electron chi connectivity index (χ3n) is 2.49. The molecule has 0 bridgehead atoms. The monoisotopic (exact) mass is 181 g/mol. The van der Waals surface area contributed by atoms with E-state index in [0.717, 1.165) is 17.7 Å². The van der Waals surface area contributed by atoms with Crippen LogP contribution in [0, 0.1) is 0 Å². The summed E-state index contributed by atoms with van der Waals surface area (Å²) in [5, 5.41) is 0. The van der Waals surface area contributed by atoms with Crippen molar-refractivity contribution in [3.8, 4) is 0 Å². The predicted octanol–water partition coefficient (Wildman–Crippen LogP) is 2.87. The van der Waals surface area contributed by atoms with E-state index in [9.17, 15) is 0 Å². The minimum absolute atomic E-state index is 0.956. The van der Waals surface area contributed by atoms with Crippen LogP contribution in [0.3, 0.4) is 0 Å². The molecule has 1 aliphatic heterocycles. The van der Waals surface area contributed by atoms with Crippen molar-refractivity contribution < 1.29 is 0 Å². The zero-order valence-electron chi connectivity index (χ0n) is 8.33. The zero-order valence-corrected chi connectivity index (χ0v) is 8.33. The first-order valence-electron chi connectivity index (χ1n) is 4.80. The topological polar surface area (TPSA) is 12.4 Å². The molecule has 2 heteroatoms. The SMILES string of the molecule is C=C/C(=C\C)c1bccc2c1N=CC2. The minimum atomic E-state index is 0.956. The number of hydrogen-bond donors (Lipinski definition) is 0. The maximum atomic E-state index is 4.40. The normalized spacial score (nSPS) is 13.9. The predicted molar refractivity (Wildman–Crippen MR) is 63.5 cm³/mol. The maximum absolute atomic E-state index is 4.40. The number of rotatable bonds is 2. The molecule has 0 unspecified atom stereocenters. The molecule has 0 amide bonds. The van der Waals surface area contributed by atoms with E-state index in [1.165, 1.54) is 11.0 Å². The van der Waals surface area contributed by atoms with Crippen LogP contribution >= 0.6 is 0 Å². The average molecular weight is 181 g/mol. The summed E-state index contributed by atoms with van der Waals surface area (Å²) in [6.07, 6.45) is 6.86. The van der Waals surface area contributed by atoms with Gasteiger partial charge in [-0.15, -0.1) is 0 Å². The molecule has 0 saturated carbocycles. The molecule has 0 N–H and O–H groups in total. The molecule has 1 aromatic rings. The summed E-state index contributed by atoms with van der Waals surface area (Å²) in [7, 11) is 0. The number of fused-ring (bicyclic) bond motifs is 1. The Morgan fingerprint density at radius 1 is 1.64 bits per heavy atom. The van der Waals surface area contributed by atoms with E-state index in [2.05, 4.69) is 36.6 Å². The zero-order chi connectivity index (χ0) is 9.97. The van der Waals surface area contributed by atoms with E-state index in [-0.39, 0.29) is 0 Å². The summed E-state index contributed by atoms with van der Waals surface area (Å²) in [6, 6.07) is 2.13. The van der Waals surface area contributed by atoms with Gasteiger partial charge in [0.25, 0.3) is 0 Å². The Morgan fingerprint density at radius 3 is 3.21 bits per heavy atom. The standard InChI is InChI=1S/C12H12BN/c1-3-9(4-2)11-12-10(5-7-13-11)6-8-14-12/h3-5,7-8H,1,6H2,2H3/b9-4+. The summed E-state index contributed by atoms with van der Waals surface area (Å²) in [4.78, 5) is 4.40. The average Bonchev–Trinajstić information content (AvgIpc) is 2.68. The Balaban J connectivity index is 2.59. The summed E-state index contributed by atoms with van der Waals surface area (Å²) >= 11 is 0. The van der Waals surface area contributed by atoms with Gasteiger partial charge >= 0.3 is 84.5 Å². The van der Waals surface area contributed by atoms with E-state index in [1.807, 2.05) is 19.2 Å².